The van der Waals surface area contributed by atoms with Crippen molar-refractivity contribution in [2.45, 2.75) is 52.9 Å². The second kappa shape index (κ2) is 5.16. The van der Waals surface area contributed by atoms with Crippen LogP contribution in [0, 0.1) is 11.3 Å². The van der Waals surface area contributed by atoms with E-state index in [-0.39, 0.29) is 0 Å². The van der Waals surface area contributed by atoms with Gasteiger partial charge in [-0.05, 0) is 24.8 Å². The summed E-state index contributed by atoms with van der Waals surface area (Å²) in [7, 11) is 2.23. The van der Waals surface area contributed by atoms with Crippen molar-refractivity contribution in [1.29, 1.82) is 0 Å². The molecule has 0 saturated carbocycles. The van der Waals surface area contributed by atoms with Crippen LogP contribution < -0.4 is 0 Å². The standard InChI is InChI=1S/C13H27N/c1-5-7-8-9-13(3,6-2)12-10-14(4)11-12/h12H,5-11H2,1-4H3. The van der Waals surface area contributed by atoms with E-state index in [1.165, 1.54) is 45.2 Å². The molecule has 0 N–H and O–H groups in total. The summed E-state index contributed by atoms with van der Waals surface area (Å²) < 4.78 is 0. The molecule has 0 amide bonds. The van der Waals surface area contributed by atoms with E-state index in [0.29, 0.717) is 5.41 Å². The predicted octanol–water partition coefficient (Wildman–Crippen LogP) is 3.54. The van der Waals surface area contributed by atoms with E-state index in [1.807, 2.05) is 0 Å². The monoisotopic (exact) mass is 197 g/mol. The smallest absolute Gasteiger partial charge is 0.00242 e. The average Bonchev–Trinajstić information content (AvgIpc) is 2.13. The molecule has 84 valence electrons. The zero-order valence-electron chi connectivity index (χ0n) is 10.5. The van der Waals surface area contributed by atoms with Gasteiger partial charge in [0.05, 0.1) is 0 Å². The minimum atomic E-state index is 0.627. The summed E-state index contributed by atoms with van der Waals surface area (Å²) in [6, 6.07) is 0. The lowest BCUT2D eigenvalue weighted by molar-refractivity contribution is 0.0137. The van der Waals surface area contributed by atoms with Crippen LogP contribution in [0.25, 0.3) is 0 Å². The summed E-state index contributed by atoms with van der Waals surface area (Å²) in [5, 5.41) is 0. The van der Waals surface area contributed by atoms with Crippen molar-refractivity contribution in [3.05, 3.63) is 0 Å². The van der Waals surface area contributed by atoms with Crippen molar-refractivity contribution in [2.75, 3.05) is 20.1 Å². The van der Waals surface area contributed by atoms with E-state index in [0.717, 1.165) is 5.92 Å². The highest BCUT2D eigenvalue weighted by molar-refractivity contribution is 4.90. The SMILES string of the molecule is CCCCCC(C)(CC)C1CN(C)C1. The zero-order chi connectivity index (χ0) is 10.6. The Bertz CT molecular complexity index is 161. The van der Waals surface area contributed by atoms with Gasteiger partial charge in [0.1, 0.15) is 0 Å². The molecule has 1 aliphatic heterocycles. The molecule has 0 aromatic rings. The van der Waals surface area contributed by atoms with Gasteiger partial charge in [-0.2, -0.15) is 0 Å². The third-order valence-electron chi connectivity index (χ3n) is 4.21. The Balaban J connectivity index is 2.33. The van der Waals surface area contributed by atoms with Gasteiger partial charge in [-0.15, -0.1) is 0 Å². The van der Waals surface area contributed by atoms with Crippen molar-refractivity contribution < 1.29 is 0 Å². The third-order valence-corrected chi connectivity index (χ3v) is 4.21. The molecule has 0 spiro atoms. The number of nitrogens with zero attached hydrogens (tertiary/aromatic N) is 1. The van der Waals surface area contributed by atoms with E-state index >= 15 is 0 Å². The van der Waals surface area contributed by atoms with Gasteiger partial charge in [0.15, 0.2) is 0 Å². The molecular formula is C13H27N. The molecule has 0 radical (unpaired) electrons. The maximum atomic E-state index is 2.50. The Morgan fingerprint density at radius 3 is 2.29 bits per heavy atom. The molecule has 0 aromatic carbocycles. The van der Waals surface area contributed by atoms with E-state index in [2.05, 4.69) is 32.7 Å². The lowest BCUT2D eigenvalue weighted by Gasteiger charge is -2.48. The summed E-state index contributed by atoms with van der Waals surface area (Å²) in [4.78, 5) is 2.44. The summed E-state index contributed by atoms with van der Waals surface area (Å²) in [6.07, 6.45) is 6.99. The second-order valence-electron chi connectivity index (χ2n) is 5.38. The molecule has 1 atom stereocenters. The molecule has 1 heterocycles. The fraction of sp³-hybridized carbons (Fsp3) is 1.00. The first-order valence-electron chi connectivity index (χ1n) is 6.31. The number of likely N-dealkylation sites (tertiary alicyclic amines) is 1. The van der Waals surface area contributed by atoms with Crippen molar-refractivity contribution in [1.82, 2.24) is 4.90 Å². The average molecular weight is 197 g/mol. The molecule has 1 nitrogen and oxygen atoms in total. The molecule has 1 saturated heterocycles. The van der Waals surface area contributed by atoms with E-state index in [1.54, 1.807) is 0 Å². The highest BCUT2D eigenvalue weighted by Crippen LogP contribution is 2.41. The lowest BCUT2D eigenvalue weighted by atomic mass is 9.68. The van der Waals surface area contributed by atoms with Gasteiger partial charge in [0.2, 0.25) is 0 Å². The van der Waals surface area contributed by atoms with Crippen LogP contribution >= 0.6 is 0 Å². The Morgan fingerprint density at radius 1 is 1.21 bits per heavy atom. The van der Waals surface area contributed by atoms with Crippen LogP contribution in [0.15, 0.2) is 0 Å². The summed E-state index contributed by atoms with van der Waals surface area (Å²) in [5.41, 5.74) is 0.627. The molecular weight excluding hydrogens is 170 g/mol. The van der Waals surface area contributed by atoms with Crippen LogP contribution in [0.5, 0.6) is 0 Å². The van der Waals surface area contributed by atoms with Gasteiger partial charge >= 0.3 is 0 Å². The molecule has 0 aromatic heterocycles. The second-order valence-corrected chi connectivity index (χ2v) is 5.38. The largest absolute Gasteiger partial charge is 0.306 e. The number of rotatable bonds is 6. The minimum Gasteiger partial charge on any atom is -0.306 e. The van der Waals surface area contributed by atoms with Crippen LogP contribution in [0.1, 0.15) is 52.9 Å². The van der Waals surface area contributed by atoms with Crippen LogP contribution in [-0.4, -0.2) is 25.0 Å². The number of hydrogen-bond acceptors (Lipinski definition) is 1. The molecule has 0 aliphatic carbocycles. The first-order valence-corrected chi connectivity index (χ1v) is 6.31. The van der Waals surface area contributed by atoms with Gasteiger partial charge in [-0.3, -0.25) is 0 Å². The van der Waals surface area contributed by atoms with Crippen LogP contribution in [0.3, 0.4) is 0 Å². The normalized spacial score (nSPS) is 23.1. The van der Waals surface area contributed by atoms with Gasteiger partial charge in [-0.25, -0.2) is 0 Å². The minimum absolute atomic E-state index is 0.627. The first kappa shape index (κ1) is 12.0. The van der Waals surface area contributed by atoms with Gasteiger partial charge in [-0.1, -0.05) is 46.5 Å². The molecule has 1 heteroatoms. The van der Waals surface area contributed by atoms with Gasteiger partial charge in [0.25, 0.3) is 0 Å². The number of unbranched alkanes of at least 4 members (excludes halogenated alkanes) is 2. The fourth-order valence-corrected chi connectivity index (χ4v) is 2.59. The molecule has 1 rings (SSSR count). The fourth-order valence-electron chi connectivity index (χ4n) is 2.59. The Kier molecular flexibility index (Phi) is 4.43. The summed E-state index contributed by atoms with van der Waals surface area (Å²) in [5.74, 6) is 0.967. The maximum Gasteiger partial charge on any atom is 0.00242 e. The molecule has 1 aliphatic rings. The van der Waals surface area contributed by atoms with Crippen LogP contribution in [0.2, 0.25) is 0 Å². The van der Waals surface area contributed by atoms with Crippen molar-refractivity contribution in [3.63, 3.8) is 0 Å². The highest BCUT2D eigenvalue weighted by atomic mass is 15.2. The quantitative estimate of drug-likeness (QED) is 0.589. The topological polar surface area (TPSA) is 3.24 Å². The van der Waals surface area contributed by atoms with Crippen molar-refractivity contribution in [3.8, 4) is 0 Å². The highest BCUT2D eigenvalue weighted by Gasteiger charge is 2.38. The van der Waals surface area contributed by atoms with Crippen LogP contribution in [-0.2, 0) is 0 Å². The van der Waals surface area contributed by atoms with E-state index in [4.69, 9.17) is 0 Å². The maximum absolute atomic E-state index is 2.50. The van der Waals surface area contributed by atoms with E-state index in [9.17, 15) is 0 Å². The Labute approximate surface area is 89.9 Å². The zero-order valence-corrected chi connectivity index (χ0v) is 10.5. The van der Waals surface area contributed by atoms with Crippen LogP contribution in [0.4, 0.5) is 0 Å². The van der Waals surface area contributed by atoms with Crippen molar-refractivity contribution in [2.24, 2.45) is 11.3 Å². The first-order chi connectivity index (χ1) is 6.62. The summed E-state index contributed by atoms with van der Waals surface area (Å²) >= 11 is 0. The van der Waals surface area contributed by atoms with Crippen molar-refractivity contribution >= 4 is 0 Å². The summed E-state index contributed by atoms with van der Waals surface area (Å²) in [6.45, 7) is 9.82. The predicted molar refractivity (Wildman–Crippen MR) is 63.5 cm³/mol. The van der Waals surface area contributed by atoms with Gasteiger partial charge < -0.3 is 4.90 Å². The van der Waals surface area contributed by atoms with E-state index < -0.39 is 0 Å². The molecule has 1 fully saturated rings. The molecule has 14 heavy (non-hydrogen) atoms. The van der Waals surface area contributed by atoms with Gasteiger partial charge in [0, 0.05) is 13.1 Å². The Hall–Kier alpha value is -0.0400. The molecule has 0 bridgehead atoms. The molecule has 1 unspecified atom stereocenters. The third kappa shape index (κ3) is 2.73. The Morgan fingerprint density at radius 2 is 1.86 bits per heavy atom. The lowest BCUT2D eigenvalue weighted by Crippen LogP contribution is -2.51. The number of hydrogen-bond donors (Lipinski definition) is 0.